The van der Waals surface area contributed by atoms with Crippen molar-refractivity contribution in [2.45, 2.75) is 13.5 Å². The molecule has 10 heteroatoms. The summed E-state index contributed by atoms with van der Waals surface area (Å²) in [6, 6.07) is 15.9. The summed E-state index contributed by atoms with van der Waals surface area (Å²) >= 11 is 3.50. The topological polar surface area (TPSA) is 123 Å². The molecular formula is C23H20BrN3O6. The molecule has 0 amide bonds. The van der Waals surface area contributed by atoms with E-state index < -0.39 is 10.9 Å². The Bertz CT molecular complexity index is 1160. The SMILES string of the molecule is CCOc1cc(/C=N\Nc2ccc([N+](=O)[O-])cc2)c(Br)cc1OCc1ccc(C(=O)O)cc1. The first kappa shape index (κ1) is 23.7. The third-order valence-electron chi connectivity index (χ3n) is 4.43. The molecule has 0 aromatic heterocycles. The van der Waals surface area contributed by atoms with Crippen molar-refractivity contribution < 1.29 is 24.3 Å². The lowest BCUT2D eigenvalue weighted by molar-refractivity contribution is -0.384. The van der Waals surface area contributed by atoms with Gasteiger partial charge in [0.2, 0.25) is 0 Å². The highest BCUT2D eigenvalue weighted by atomic mass is 79.9. The molecule has 0 spiro atoms. The number of hydrogen-bond acceptors (Lipinski definition) is 7. The molecule has 0 atom stereocenters. The summed E-state index contributed by atoms with van der Waals surface area (Å²) < 4.78 is 12.3. The molecule has 0 saturated heterocycles. The van der Waals surface area contributed by atoms with Crippen molar-refractivity contribution in [1.82, 2.24) is 0 Å². The van der Waals surface area contributed by atoms with Gasteiger partial charge in [0, 0.05) is 22.2 Å². The van der Waals surface area contributed by atoms with E-state index in [2.05, 4.69) is 26.5 Å². The van der Waals surface area contributed by atoms with Gasteiger partial charge < -0.3 is 14.6 Å². The Morgan fingerprint density at radius 3 is 2.39 bits per heavy atom. The number of nitrogens with zero attached hydrogens (tertiary/aromatic N) is 2. The number of halogens is 1. The molecule has 0 aliphatic rings. The third kappa shape index (κ3) is 6.53. The quantitative estimate of drug-likeness (QED) is 0.209. The number of carbonyl (C=O) groups is 1. The lowest BCUT2D eigenvalue weighted by atomic mass is 10.1. The number of aromatic carboxylic acids is 1. The molecule has 0 bridgehead atoms. The summed E-state index contributed by atoms with van der Waals surface area (Å²) in [7, 11) is 0. The van der Waals surface area contributed by atoms with Gasteiger partial charge in [-0.05, 0) is 64.8 Å². The molecule has 3 rings (SSSR count). The van der Waals surface area contributed by atoms with Crippen LogP contribution in [0.25, 0.3) is 0 Å². The van der Waals surface area contributed by atoms with Crippen molar-refractivity contribution in [2.24, 2.45) is 5.10 Å². The molecule has 0 saturated carbocycles. The minimum absolute atomic E-state index is 0.00190. The van der Waals surface area contributed by atoms with Crippen LogP contribution < -0.4 is 14.9 Å². The van der Waals surface area contributed by atoms with Crippen LogP contribution in [0.5, 0.6) is 11.5 Å². The standard InChI is InChI=1S/C23H20BrN3O6/c1-2-32-21-11-17(13-25-26-18-7-9-19(10-8-18)27(30)31)20(24)12-22(21)33-14-15-3-5-16(6-4-15)23(28)29/h3-13,26H,2,14H2,1H3,(H,28,29)/b25-13-. The van der Waals surface area contributed by atoms with Gasteiger partial charge in [-0.2, -0.15) is 5.10 Å². The maximum absolute atomic E-state index is 11.0. The molecule has 3 aromatic rings. The maximum atomic E-state index is 11.0. The van der Waals surface area contributed by atoms with Crippen LogP contribution in [0.4, 0.5) is 11.4 Å². The van der Waals surface area contributed by atoms with E-state index in [1.54, 1.807) is 42.6 Å². The monoisotopic (exact) mass is 513 g/mol. The zero-order valence-corrected chi connectivity index (χ0v) is 19.1. The zero-order chi connectivity index (χ0) is 23.8. The van der Waals surface area contributed by atoms with Crippen LogP contribution in [0.15, 0.2) is 70.2 Å². The van der Waals surface area contributed by atoms with Crippen molar-refractivity contribution in [3.8, 4) is 11.5 Å². The number of non-ortho nitro benzene ring substituents is 1. The second kappa shape index (κ2) is 11.1. The number of benzene rings is 3. The average molecular weight is 514 g/mol. The van der Waals surface area contributed by atoms with Gasteiger partial charge in [-0.1, -0.05) is 12.1 Å². The predicted molar refractivity (Wildman–Crippen MR) is 127 cm³/mol. The van der Waals surface area contributed by atoms with Crippen LogP contribution in [0.1, 0.15) is 28.4 Å². The van der Waals surface area contributed by atoms with Crippen LogP contribution >= 0.6 is 15.9 Å². The predicted octanol–water partition coefficient (Wildman–Crippen LogP) is 5.48. The smallest absolute Gasteiger partial charge is 0.335 e. The molecular weight excluding hydrogens is 494 g/mol. The summed E-state index contributed by atoms with van der Waals surface area (Å²) in [5.41, 5.74) is 5.18. The van der Waals surface area contributed by atoms with E-state index in [0.717, 1.165) is 15.6 Å². The van der Waals surface area contributed by atoms with E-state index in [0.29, 0.717) is 23.8 Å². The summed E-state index contributed by atoms with van der Waals surface area (Å²) in [6.45, 7) is 2.53. The van der Waals surface area contributed by atoms with Crippen molar-refractivity contribution in [2.75, 3.05) is 12.0 Å². The molecule has 0 aliphatic carbocycles. The van der Waals surface area contributed by atoms with Crippen LogP contribution in [0.2, 0.25) is 0 Å². The minimum atomic E-state index is -0.981. The highest BCUT2D eigenvalue weighted by molar-refractivity contribution is 9.10. The lowest BCUT2D eigenvalue weighted by Crippen LogP contribution is -2.02. The second-order valence-electron chi connectivity index (χ2n) is 6.72. The van der Waals surface area contributed by atoms with E-state index in [1.165, 1.54) is 24.3 Å². The Hall–Kier alpha value is -3.92. The molecule has 0 heterocycles. The first-order chi connectivity index (χ1) is 15.9. The number of hydrogen-bond donors (Lipinski definition) is 2. The fourth-order valence-electron chi connectivity index (χ4n) is 2.77. The molecule has 0 radical (unpaired) electrons. The zero-order valence-electron chi connectivity index (χ0n) is 17.5. The Kier molecular flexibility index (Phi) is 7.98. The molecule has 3 aromatic carbocycles. The van der Waals surface area contributed by atoms with Gasteiger partial charge in [-0.3, -0.25) is 15.5 Å². The second-order valence-corrected chi connectivity index (χ2v) is 7.57. The van der Waals surface area contributed by atoms with Gasteiger partial charge in [0.25, 0.3) is 5.69 Å². The lowest BCUT2D eigenvalue weighted by Gasteiger charge is -2.14. The molecule has 0 aliphatic heterocycles. The molecule has 33 heavy (non-hydrogen) atoms. The number of hydrazone groups is 1. The summed E-state index contributed by atoms with van der Waals surface area (Å²) in [4.78, 5) is 21.2. The summed E-state index contributed by atoms with van der Waals surface area (Å²) in [5.74, 6) is 0.0662. The number of nitro groups is 1. The van der Waals surface area contributed by atoms with E-state index in [4.69, 9.17) is 14.6 Å². The number of nitro benzene ring substituents is 1. The number of ether oxygens (including phenoxy) is 2. The van der Waals surface area contributed by atoms with E-state index in [-0.39, 0.29) is 17.9 Å². The minimum Gasteiger partial charge on any atom is -0.490 e. The van der Waals surface area contributed by atoms with Crippen molar-refractivity contribution in [1.29, 1.82) is 0 Å². The third-order valence-corrected chi connectivity index (χ3v) is 5.12. The van der Waals surface area contributed by atoms with Crippen LogP contribution in [0, 0.1) is 10.1 Å². The van der Waals surface area contributed by atoms with Crippen LogP contribution in [0.3, 0.4) is 0 Å². The number of anilines is 1. The summed E-state index contributed by atoms with van der Waals surface area (Å²) in [5, 5.41) is 23.9. The van der Waals surface area contributed by atoms with Gasteiger partial charge in [0.15, 0.2) is 11.5 Å². The van der Waals surface area contributed by atoms with Crippen molar-refractivity contribution in [3.05, 3.63) is 91.9 Å². The average Bonchev–Trinajstić information content (AvgIpc) is 2.80. The number of nitrogens with one attached hydrogen (secondary N) is 1. The van der Waals surface area contributed by atoms with E-state index in [1.807, 2.05) is 6.92 Å². The molecule has 0 fully saturated rings. The first-order valence-electron chi connectivity index (χ1n) is 9.82. The largest absolute Gasteiger partial charge is 0.490 e. The van der Waals surface area contributed by atoms with Gasteiger partial charge in [-0.25, -0.2) is 4.79 Å². The number of carboxylic acid groups (broad SMARTS) is 1. The highest BCUT2D eigenvalue weighted by Gasteiger charge is 2.11. The van der Waals surface area contributed by atoms with E-state index >= 15 is 0 Å². The van der Waals surface area contributed by atoms with Gasteiger partial charge in [0.1, 0.15) is 6.61 Å². The molecule has 0 unspecified atom stereocenters. The Morgan fingerprint density at radius 2 is 1.79 bits per heavy atom. The van der Waals surface area contributed by atoms with Crippen LogP contribution in [-0.4, -0.2) is 28.8 Å². The van der Waals surface area contributed by atoms with Crippen molar-refractivity contribution >= 4 is 39.5 Å². The van der Waals surface area contributed by atoms with Gasteiger partial charge in [-0.15, -0.1) is 0 Å². The van der Waals surface area contributed by atoms with E-state index in [9.17, 15) is 14.9 Å². The first-order valence-corrected chi connectivity index (χ1v) is 10.6. The summed E-state index contributed by atoms with van der Waals surface area (Å²) in [6.07, 6.45) is 1.59. The maximum Gasteiger partial charge on any atom is 0.335 e. The van der Waals surface area contributed by atoms with Gasteiger partial charge in [0.05, 0.1) is 29.0 Å². The van der Waals surface area contributed by atoms with Gasteiger partial charge >= 0.3 is 5.97 Å². The Morgan fingerprint density at radius 1 is 1.12 bits per heavy atom. The number of carboxylic acids is 1. The Balaban J connectivity index is 1.70. The fraction of sp³-hybridized carbons (Fsp3) is 0.130. The highest BCUT2D eigenvalue weighted by Crippen LogP contribution is 2.34. The van der Waals surface area contributed by atoms with Crippen molar-refractivity contribution in [3.63, 3.8) is 0 Å². The normalized spacial score (nSPS) is 10.7. The number of rotatable bonds is 10. The molecule has 170 valence electrons. The molecule has 2 N–H and O–H groups in total. The fourth-order valence-corrected chi connectivity index (χ4v) is 3.19. The molecule has 9 nitrogen and oxygen atoms in total. The van der Waals surface area contributed by atoms with Crippen LogP contribution in [-0.2, 0) is 6.61 Å². The Labute approximate surface area is 197 Å².